The SMILES string of the molecule is CS(=O)(=O)Cc1noc(N)c1-c1cc(F)cc(F)c1. The van der Waals surface area contributed by atoms with Crippen molar-refractivity contribution >= 4 is 15.7 Å². The van der Waals surface area contributed by atoms with Gasteiger partial charge in [-0.25, -0.2) is 17.2 Å². The zero-order chi connectivity index (χ0) is 14.2. The van der Waals surface area contributed by atoms with Crippen LogP contribution in [0.3, 0.4) is 0 Å². The van der Waals surface area contributed by atoms with E-state index in [1.165, 1.54) is 0 Å². The van der Waals surface area contributed by atoms with E-state index in [1.54, 1.807) is 0 Å². The highest BCUT2D eigenvalue weighted by Gasteiger charge is 2.20. The minimum Gasteiger partial charge on any atom is -0.367 e. The molecule has 102 valence electrons. The van der Waals surface area contributed by atoms with E-state index in [1.807, 2.05) is 0 Å². The second-order valence-electron chi connectivity index (χ2n) is 4.10. The smallest absolute Gasteiger partial charge is 0.230 e. The summed E-state index contributed by atoms with van der Waals surface area (Å²) in [6, 6.07) is 2.75. The second-order valence-corrected chi connectivity index (χ2v) is 6.24. The number of hydrogen-bond donors (Lipinski definition) is 1. The van der Waals surface area contributed by atoms with Gasteiger partial charge in [0, 0.05) is 12.3 Å². The van der Waals surface area contributed by atoms with Crippen LogP contribution in [0.15, 0.2) is 22.7 Å². The van der Waals surface area contributed by atoms with Gasteiger partial charge in [0.1, 0.15) is 17.3 Å². The molecule has 0 atom stereocenters. The molecule has 19 heavy (non-hydrogen) atoms. The van der Waals surface area contributed by atoms with Crippen LogP contribution in [-0.2, 0) is 15.6 Å². The van der Waals surface area contributed by atoms with Crippen LogP contribution in [0.2, 0.25) is 0 Å². The standard InChI is InChI=1S/C11H10F2N2O3S/c1-19(16,17)5-9-10(11(14)18-15-9)6-2-7(12)4-8(13)3-6/h2-4H,5,14H2,1H3. The molecule has 0 amide bonds. The van der Waals surface area contributed by atoms with Crippen molar-refractivity contribution < 1.29 is 21.7 Å². The van der Waals surface area contributed by atoms with Crippen LogP contribution >= 0.6 is 0 Å². The van der Waals surface area contributed by atoms with Crippen molar-refractivity contribution in [1.82, 2.24) is 5.16 Å². The summed E-state index contributed by atoms with van der Waals surface area (Å²) >= 11 is 0. The molecule has 0 aliphatic carbocycles. The molecular weight excluding hydrogens is 278 g/mol. The van der Waals surface area contributed by atoms with E-state index in [-0.39, 0.29) is 22.7 Å². The van der Waals surface area contributed by atoms with Gasteiger partial charge < -0.3 is 10.3 Å². The number of rotatable bonds is 3. The minimum atomic E-state index is -3.38. The van der Waals surface area contributed by atoms with Gasteiger partial charge >= 0.3 is 0 Å². The van der Waals surface area contributed by atoms with E-state index in [2.05, 4.69) is 5.16 Å². The predicted octanol–water partition coefficient (Wildman–Crippen LogP) is 1.75. The Balaban J connectivity index is 2.58. The summed E-state index contributed by atoms with van der Waals surface area (Å²) in [6.45, 7) is 0. The number of nitrogens with two attached hydrogens (primary N) is 1. The maximum Gasteiger partial charge on any atom is 0.230 e. The Bertz CT molecular complexity index is 705. The van der Waals surface area contributed by atoms with Gasteiger partial charge in [0.2, 0.25) is 5.88 Å². The van der Waals surface area contributed by atoms with Gasteiger partial charge in [-0.1, -0.05) is 5.16 Å². The third-order valence-corrected chi connectivity index (χ3v) is 3.14. The first-order chi connectivity index (χ1) is 8.76. The van der Waals surface area contributed by atoms with Crippen LogP contribution in [-0.4, -0.2) is 19.8 Å². The van der Waals surface area contributed by atoms with Gasteiger partial charge in [-0.2, -0.15) is 0 Å². The molecule has 0 saturated carbocycles. The number of halogens is 2. The largest absolute Gasteiger partial charge is 0.367 e. The number of hydrogen-bond acceptors (Lipinski definition) is 5. The lowest BCUT2D eigenvalue weighted by Gasteiger charge is -2.02. The predicted molar refractivity (Wildman–Crippen MR) is 64.8 cm³/mol. The van der Waals surface area contributed by atoms with Crippen LogP contribution < -0.4 is 5.73 Å². The van der Waals surface area contributed by atoms with Crippen molar-refractivity contribution in [2.75, 3.05) is 12.0 Å². The fraction of sp³-hybridized carbons (Fsp3) is 0.182. The number of anilines is 1. The lowest BCUT2D eigenvalue weighted by Crippen LogP contribution is -2.02. The molecule has 0 fully saturated rings. The third kappa shape index (κ3) is 3.08. The summed E-state index contributed by atoms with van der Waals surface area (Å²) < 4.78 is 53.5. The molecule has 1 aromatic carbocycles. The molecule has 2 N–H and O–H groups in total. The fourth-order valence-electron chi connectivity index (χ4n) is 1.69. The number of nitrogen functional groups attached to an aromatic ring is 1. The molecule has 0 aliphatic rings. The Morgan fingerprint density at radius 1 is 1.26 bits per heavy atom. The number of aromatic nitrogens is 1. The van der Waals surface area contributed by atoms with Crippen LogP contribution in [0.25, 0.3) is 11.1 Å². The highest BCUT2D eigenvalue weighted by Crippen LogP contribution is 2.31. The average Bonchev–Trinajstić information content (AvgIpc) is 2.55. The molecule has 1 aromatic heterocycles. The summed E-state index contributed by atoms with van der Waals surface area (Å²) in [6.07, 6.45) is 1.01. The molecule has 0 unspecified atom stereocenters. The van der Waals surface area contributed by atoms with Gasteiger partial charge in [-0.3, -0.25) is 0 Å². The molecule has 0 bridgehead atoms. The lowest BCUT2D eigenvalue weighted by molar-refractivity contribution is 0.430. The molecule has 0 aliphatic heterocycles. The topological polar surface area (TPSA) is 86.2 Å². The lowest BCUT2D eigenvalue weighted by atomic mass is 10.1. The van der Waals surface area contributed by atoms with Crippen molar-refractivity contribution in [3.8, 4) is 11.1 Å². The first-order valence-corrected chi connectivity index (χ1v) is 7.20. The van der Waals surface area contributed by atoms with E-state index in [0.29, 0.717) is 6.07 Å². The van der Waals surface area contributed by atoms with E-state index < -0.39 is 27.2 Å². The van der Waals surface area contributed by atoms with Crippen LogP contribution in [0, 0.1) is 11.6 Å². The first kappa shape index (κ1) is 13.5. The number of sulfone groups is 1. The van der Waals surface area contributed by atoms with Gasteiger partial charge in [0.15, 0.2) is 9.84 Å². The van der Waals surface area contributed by atoms with Crippen molar-refractivity contribution in [2.45, 2.75) is 5.75 Å². The Hall–Kier alpha value is -1.96. The fourth-order valence-corrected chi connectivity index (χ4v) is 2.39. The molecule has 0 spiro atoms. The van der Waals surface area contributed by atoms with Gasteiger partial charge in [0.05, 0.1) is 11.3 Å². The van der Waals surface area contributed by atoms with E-state index in [0.717, 1.165) is 18.4 Å². The summed E-state index contributed by atoms with van der Waals surface area (Å²) in [5, 5.41) is 3.51. The average molecular weight is 288 g/mol. The highest BCUT2D eigenvalue weighted by molar-refractivity contribution is 7.89. The van der Waals surface area contributed by atoms with E-state index >= 15 is 0 Å². The Labute approximate surface area is 107 Å². The van der Waals surface area contributed by atoms with E-state index in [4.69, 9.17) is 10.3 Å². The zero-order valence-corrected chi connectivity index (χ0v) is 10.7. The van der Waals surface area contributed by atoms with Gasteiger partial charge in [-0.05, 0) is 17.7 Å². The molecule has 8 heteroatoms. The molecule has 2 aromatic rings. The van der Waals surface area contributed by atoms with Crippen LogP contribution in [0.5, 0.6) is 0 Å². The number of benzene rings is 1. The molecule has 5 nitrogen and oxygen atoms in total. The first-order valence-electron chi connectivity index (χ1n) is 5.14. The second kappa shape index (κ2) is 4.61. The maximum absolute atomic E-state index is 13.2. The molecule has 0 radical (unpaired) electrons. The van der Waals surface area contributed by atoms with Crippen LogP contribution in [0.4, 0.5) is 14.7 Å². The third-order valence-electron chi connectivity index (χ3n) is 2.34. The Morgan fingerprint density at radius 3 is 2.37 bits per heavy atom. The van der Waals surface area contributed by atoms with Gasteiger partial charge in [0.25, 0.3) is 0 Å². The Kier molecular flexibility index (Phi) is 3.27. The van der Waals surface area contributed by atoms with Gasteiger partial charge in [-0.15, -0.1) is 0 Å². The van der Waals surface area contributed by atoms with Crippen LogP contribution in [0.1, 0.15) is 5.69 Å². The summed E-state index contributed by atoms with van der Waals surface area (Å²) in [7, 11) is -3.38. The normalized spacial score (nSPS) is 11.7. The molecule has 1 heterocycles. The molecular formula is C11H10F2N2O3S. The zero-order valence-electron chi connectivity index (χ0n) is 9.85. The quantitative estimate of drug-likeness (QED) is 0.929. The van der Waals surface area contributed by atoms with E-state index in [9.17, 15) is 17.2 Å². The highest BCUT2D eigenvalue weighted by atomic mass is 32.2. The number of nitrogens with zero attached hydrogens (tertiary/aromatic N) is 1. The maximum atomic E-state index is 13.2. The summed E-state index contributed by atoms with van der Waals surface area (Å²) in [5.74, 6) is -2.23. The summed E-state index contributed by atoms with van der Waals surface area (Å²) in [4.78, 5) is 0. The Morgan fingerprint density at radius 2 is 1.84 bits per heavy atom. The van der Waals surface area contributed by atoms with Crippen molar-refractivity contribution in [2.24, 2.45) is 0 Å². The molecule has 0 saturated heterocycles. The minimum absolute atomic E-state index is 0.0185. The monoisotopic (exact) mass is 288 g/mol. The summed E-state index contributed by atoms with van der Waals surface area (Å²) in [5.41, 5.74) is 5.71. The molecule has 2 rings (SSSR count). The van der Waals surface area contributed by atoms with Crippen molar-refractivity contribution in [1.29, 1.82) is 0 Å². The van der Waals surface area contributed by atoms with Crippen molar-refractivity contribution in [3.63, 3.8) is 0 Å². The van der Waals surface area contributed by atoms with Crippen molar-refractivity contribution in [3.05, 3.63) is 35.5 Å².